The van der Waals surface area contributed by atoms with Gasteiger partial charge in [0.25, 0.3) is 0 Å². The van der Waals surface area contributed by atoms with Crippen LogP contribution in [0.1, 0.15) is 6.42 Å². The normalized spacial score (nSPS) is 20.8. The molecule has 1 aliphatic carbocycles. The smallest absolute Gasteiger partial charge is 0.493 e. The summed E-state index contributed by atoms with van der Waals surface area (Å²) in [6.45, 7) is -0.139. The maximum absolute atomic E-state index is 12.9. The van der Waals surface area contributed by atoms with Gasteiger partial charge in [0, 0.05) is 42.1 Å². The molecule has 0 radical (unpaired) electrons. The topological polar surface area (TPSA) is 85.8 Å². The maximum Gasteiger partial charge on any atom is 0.573 e. The van der Waals surface area contributed by atoms with Gasteiger partial charge in [0.2, 0.25) is 0 Å². The summed E-state index contributed by atoms with van der Waals surface area (Å²) >= 11 is 5.94. The highest BCUT2D eigenvalue weighted by Crippen LogP contribution is 2.46. The minimum atomic E-state index is -4.93. The van der Waals surface area contributed by atoms with Gasteiger partial charge in [-0.05, 0) is 30.7 Å². The first-order valence-electron chi connectivity index (χ1n) is 11.5. The second kappa shape index (κ2) is 9.81. The highest BCUT2D eigenvalue weighted by atomic mass is 35.5. The number of piperidine rings is 2. The molecule has 2 heterocycles. The highest BCUT2D eigenvalue weighted by molar-refractivity contribution is 6.32. The quantitative estimate of drug-likeness (QED) is 0.376. The zero-order valence-corrected chi connectivity index (χ0v) is 20.7. The lowest BCUT2D eigenvalue weighted by atomic mass is 9.68. The van der Waals surface area contributed by atoms with Gasteiger partial charge in [-0.2, -0.15) is 13.2 Å². The molecular weight excluding hydrogens is 558 g/mol. The number of alkyl halides is 6. The summed E-state index contributed by atoms with van der Waals surface area (Å²) < 4.78 is 91.7. The number of methoxy groups -OCH3 is 1. The standard InChI is InChI=1S/C24H19ClF6N4O4/c1-37-18-7-16-14(6-19(18)38-20-11-4-12(20)9-35(8-11)22(36)23(26,27)28)21(33-10-32-16)34-13-2-3-17(15(25)5-13)39-24(29,30)31/h2-3,5-7,10-12,20H,4,8-9H2,1H3,(H,32,33,34)/t11-,12+,20?. The summed E-state index contributed by atoms with van der Waals surface area (Å²) in [7, 11) is 1.42. The molecule has 8 nitrogen and oxygen atoms in total. The first-order chi connectivity index (χ1) is 18.3. The van der Waals surface area contributed by atoms with E-state index in [9.17, 15) is 31.1 Å². The SMILES string of the molecule is COc1cc2ncnc(Nc3ccc(OC(F)(F)F)c(Cl)c3)c2cc1OC1[C@@H]2C[C@H]1CN(C(=O)C(F)(F)F)C2. The fourth-order valence-corrected chi connectivity index (χ4v) is 5.09. The molecule has 1 saturated heterocycles. The lowest BCUT2D eigenvalue weighted by Crippen LogP contribution is -2.63. The van der Waals surface area contributed by atoms with Gasteiger partial charge in [0.15, 0.2) is 11.5 Å². The molecule has 5 rings (SSSR count). The van der Waals surface area contributed by atoms with Gasteiger partial charge in [-0.3, -0.25) is 4.79 Å². The van der Waals surface area contributed by atoms with Crippen LogP contribution in [0.25, 0.3) is 10.9 Å². The first-order valence-corrected chi connectivity index (χ1v) is 11.9. The van der Waals surface area contributed by atoms with Crippen LogP contribution in [0.3, 0.4) is 0 Å². The van der Waals surface area contributed by atoms with Crippen molar-refractivity contribution in [3.05, 3.63) is 41.7 Å². The van der Waals surface area contributed by atoms with Crippen LogP contribution in [-0.2, 0) is 4.79 Å². The third-order valence-corrected chi connectivity index (χ3v) is 6.87. The Balaban J connectivity index is 1.38. The Morgan fingerprint density at radius 1 is 1.03 bits per heavy atom. The molecule has 208 valence electrons. The molecule has 1 aromatic heterocycles. The predicted molar refractivity (Wildman–Crippen MR) is 126 cm³/mol. The predicted octanol–water partition coefficient (Wildman–Crippen LogP) is 5.72. The summed E-state index contributed by atoms with van der Waals surface area (Å²) in [5, 5.41) is 3.17. The molecule has 1 N–H and O–H groups in total. The Hall–Kier alpha value is -3.68. The van der Waals surface area contributed by atoms with Crippen molar-refractivity contribution < 1.29 is 45.3 Å². The largest absolute Gasteiger partial charge is 0.573 e. The van der Waals surface area contributed by atoms with Crippen molar-refractivity contribution in [2.75, 3.05) is 25.5 Å². The number of ether oxygens (including phenoxy) is 3. The Morgan fingerprint density at radius 3 is 2.36 bits per heavy atom. The molecular formula is C24H19ClF6N4O4. The number of fused-ring (bicyclic) bond motifs is 3. The monoisotopic (exact) mass is 576 g/mol. The van der Waals surface area contributed by atoms with E-state index in [1.54, 1.807) is 12.1 Å². The number of likely N-dealkylation sites (tertiary alicyclic amines) is 1. The average molecular weight is 577 g/mol. The van der Waals surface area contributed by atoms with Crippen LogP contribution in [0.5, 0.6) is 17.2 Å². The van der Waals surface area contributed by atoms with E-state index in [-0.39, 0.29) is 35.8 Å². The minimum Gasteiger partial charge on any atom is -0.493 e. The van der Waals surface area contributed by atoms with Crippen molar-refractivity contribution in [1.29, 1.82) is 0 Å². The van der Waals surface area contributed by atoms with Gasteiger partial charge in [-0.25, -0.2) is 9.97 Å². The van der Waals surface area contributed by atoms with Crippen LogP contribution in [0.15, 0.2) is 36.7 Å². The van der Waals surface area contributed by atoms with Crippen LogP contribution in [0.2, 0.25) is 5.02 Å². The van der Waals surface area contributed by atoms with Crippen molar-refractivity contribution in [2.45, 2.75) is 25.1 Å². The molecule has 1 aliphatic heterocycles. The van der Waals surface area contributed by atoms with E-state index < -0.39 is 30.3 Å². The number of aromatic nitrogens is 2. The zero-order chi connectivity index (χ0) is 28.1. The van der Waals surface area contributed by atoms with E-state index in [1.165, 1.54) is 25.6 Å². The number of nitrogens with one attached hydrogen (secondary N) is 1. The Kier molecular flexibility index (Phi) is 6.77. The van der Waals surface area contributed by atoms with Crippen molar-refractivity contribution in [3.63, 3.8) is 0 Å². The number of anilines is 2. The van der Waals surface area contributed by atoms with E-state index in [4.69, 9.17) is 21.1 Å². The molecule has 15 heteroatoms. The molecule has 2 bridgehead atoms. The molecule has 3 atom stereocenters. The number of hydrogen-bond donors (Lipinski definition) is 1. The third-order valence-electron chi connectivity index (χ3n) is 6.58. The number of carbonyl (C=O) groups excluding carboxylic acids is 1. The molecule has 1 amide bonds. The molecule has 0 spiro atoms. The lowest BCUT2D eigenvalue weighted by Gasteiger charge is -2.52. The Bertz CT molecular complexity index is 1410. The van der Waals surface area contributed by atoms with Crippen LogP contribution < -0.4 is 19.5 Å². The van der Waals surface area contributed by atoms with Crippen LogP contribution in [-0.4, -0.2) is 59.6 Å². The van der Waals surface area contributed by atoms with Gasteiger partial charge in [0.1, 0.15) is 24.0 Å². The summed E-state index contributed by atoms with van der Waals surface area (Å²) in [5.41, 5.74) is 0.770. The lowest BCUT2D eigenvalue weighted by molar-refractivity contribution is -0.274. The minimum absolute atomic E-state index is 0.0693. The second-order valence-electron chi connectivity index (χ2n) is 9.11. The number of carbonyl (C=O) groups is 1. The van der Waals surface area contributed by atoms with Crippen LogP contribution >= 0.6 is 11.6 Å². The summed E-state index contributed by atoms with van der Waals surface area (Å²) in [5.74, 6) is -2.07. The van der Waals surface area contributed by atoms with Gasteiger partial charge < -0.3 is 24.4 Å². The molecule has 1 unspecified atom stereocenters. The van der Waals surface area contributed by atoms with E-state index in [1.807, 2.05) is 0 Å². The van der Waals surface area contributed by atoms with Gasteiger partial charge in [-0.1, -0.05) is 11.6 Å². The molecule has 39 heavy (non-hydrogen) atoms. The first kappa shape index (κ1) is 26.9. The van der Waals surface area contributed by atoms with Gasteiger partial charge in [-0.15, -0.1) is 13.2 Å². The van der Waals surface area contributed by atoms with Gasteiger partial charge in [0.05, 0.1) is 17.6 Å². The van der Waals surface area contributed by atoms with Crippen molar-refractivity contribution in [3.8, 4) is 17.2 Å². The highest BCUT2D eigenvalue weighted by Gasteiger charge is 2.53. The maximum atomic E-state index is 12.9. The van der Waals surface area contributed by atoms with Crippen LogP contribution in [0, 0.1) is 11.8 Å². The fourth-order valence-electron chi connectivity index (χ4n) is 4.87. The Labute approximate surface area is 221 Å². The van der Waals surface area contributed by atoms with Gasteiger partial charge >= 0.3 is 18.4 Å². The van der Waals surface area contributed by atoms with E-state index >= 15 is 0 Å². The number of nitrogens with zero attached hydrogens (tertiary/aromatic N) is 3. The second-order valence-corrected chi connectivity index (χ2v) is 9.51. The Morgan fingerprint density at radius 2 is 1.74 bits per heavy atom. The summed E-state index contributed by atoms with van der Waals surface area (Å²) in [4.78, 5) is 20.9. The van der Waals surface area contributed by atoms with Crippen molar-refractivity contribution in [2.24, 2.45) is 11.8 Å². The molecule has 3 aromatic rings. The van der Waals surface area contributed by atoms with E-state index in [0.29, 0.717) is 34.5 Å². The van der Waals surface area contributed by atoms with E-state index in [2.05, 4.69) is 20.0 Å². The van der Waals surface area contributed by atoms with Crippen molar-refractivity contribution in [1.82, 2.24) is 14.9 Å². The molecule has 2 aromatic carbocycles. The number of halogens is 7. The van der Waals surface area contributed by atoms with E-state index in [0.717, 1.165) is 11.0 Å². The molecule has 2 fully saturated rings. The number of rotatable bonds is 6. The number of hydrogen-bond acceptors (Lipinski definition) is 7. The summed E-state index contributed by atoms with van der Waals surface area (Å²) in [6.07, 6.45) is -8.35. The number of amides is 1. The zero-order valence-electron chi connectivity index (χ0n) is 19.9. The third kappa shape index (κ3) is 5.56. The molecule has 1 saturated carbocycles. The van der Waals surface area contributed by atoms with Crippen LogP contribution in [0.4, 0.5) is 37.8 Å². The molecule has 2 aliphatic rings. The van der Waals surface area contributed by atoms with Crippen molar-refractivity contribution >= 4 is 39.9 Å². The fraction of sp³-hybridized carbons (Fsp3) is 0.375. The average Bonchev–Trinajstić information content (AvgIpc) is 2.87. The summed E-state index contributed by atoms with van der Waals surface area (Å²) in [6, 6.07) is 6.82. The number of benzene rings is 2.